The van der Waals surface area contributed by atoms with Crippen LogP contribution >= 0.6 is 0 Å². The number of pyridine rings is 1. The van der Waals surface area contributed by atoms with E-state index in [1.54, 1.807) is 6.20 Å². The minimum atomic E-state index is -0.0945. The molecule has 2 atom stereocenters. The van der Waals surface area contributed by atoms with Gasteiger partial charge in [-0.05, 0) is 42.5 Å². The molecular formula is C19H25N3O. The van der Waals surface area contributed by atoms with Crippen molar-refractivity contribution in [1.29, 1.82) is 0 Å². The van der Waals surface area contributed by atoms with E-state index in [4.69, 9.17) is 5.73 Å². The molecule has 0 saturated carbocycles. The Balaban J connectivity index is 2.06. The van der Waals surface area contributed by atoms with Crippen LogP contribution in [-0.2, 0) is 11.2 Å². The van der Waals surface area contributed by atoms with Crippen LogP contribution in [0.5, 0.6) is 0 Å². The van der Waals surface area contributed by atoms with Gasteiger partial charge in [-0.25, -0.2) is 4.98 Å². The monoisotopic (exact) mass is 311 g/mol. The third kappa shape index (κ3) is 4.81. The summed E-state index contributed by atoms with van der Waals surface area (Å²) in [5.41, 5.74) is 7.88. The van der Waals surface area contributed by atoms with Crippen molar-refractivity contribution in [3.8, 4) is 0 Å². The Morgan fingerprint density at radius 1 is 1.17 bits per heavy atom. The van der Waals surface area contributed by atoms with Gasteiger partial charge in [0, 0.05) is 12.1 Å². The molecule has 0 bridgehead atoms. The Labute approximate surface area is 138 Å². The van der Waals surface area contributed by atoms with E-state index < -0.39 is 0 Å². The Hall–Kier alpha value is -2.36. The largest absolute Gasteiger partial charge is 0.384 e. The summed E-state index contributed by atoms with van der Waals surface area (Å²) < 4.78 is 0. The van der Waals surface area contributed by atoms with Crippen LogP contribution in [0.3, 0.4) is 0 Å². The average Bonchev–Trinajstić information content (AvgIpc) is 2.53. The molecule has 1 aromatic heterocycles. The number of amides is 1. The second-order valence-corrected chi connectivity index (χ2v) is 6.28. The van der Waals surface area contributed by atoms with Gasteiger partial charge in [-0.1, -0.05) is 44.2 Å². The van der Waals surface area contributed by atoms with Crippen molar-refractivity contribution in [2.45, 2.75) is 33.2 Å². The van der Waals surface area contributed by atoms with Crippen molar-refractivity contribution in [1.82, 2.24) is 10.3 Å². The Kier molecular flexibility index (Phi) is 5.74. The Morgan fingerprint density at radius 3 is 2.48 bits per heavy atom. The van der Waals surface area contributed by atoms with E-state index in [9.17, 15) is 4.79 Å². The molecule has 0 saturated heterocycles. The van der Waals surface area contributed by atoms with Gasteiger partial charge in [0.05, 0.1) is 6.04 Å². The number of hydrogen-bond donors (Lipinski definition) is 2. The van der Waals surface area contributed by atoms with Crippen molar-refractivity contribution in [3.63, 3.8) is 0 Å². The lowest BCUT2D eigenvalue weighted by Crippen LogP contribution is -2.36. The molecular weight excluding hydrogens is 286 g/mol. The molecule has 0 aliphatic heterocycles. The maximum atomic E-state index is 12.7. The zero-order valence-electron chi connectivity index (χ0n) is 14.0. The third-order valence-corrected chi connectivity index (χ3v) is 4.10. The summed E-state index contributed by atoms with van der Waals surface area (Å²) in [6.07, 6.45) is 2.35. The van der Waals surface area contributed by atoms with Gasteiger partial charge in [0.2, 0.25) is 5.91 Å². The zero-order chi connectivity index (χ0) is 16.8. The quantitative estimate of drug-likeness (QED) is 0.859. The van der Waals surface area contributed by atoms with E-state index in [-0.39, 0.29) is 23.8 Å². The second-order valence-electron chi connectivity index (χ2n) is 6.28. The first-order chi connectivity index (χ1) is 11.0. The summed E-state index contributed by atoms with van der Waals surface area (Å²) in [4.78, 5) is 16.7. The Bertz CT molecular complexity index is 640. The molecule has 2 rings (SSSR count). The summed E-state index contributed by atoms with van der Waals surface area (Å²) >= 11 is 0. The molecule has 3 N–H and O–H groups in total. The molecule has 2 aromatic rings. The van der Waals surface area contributed by atoms with E-state index in [0.717, 1.165) is 11.1 Å². The molecule has 0 aliphatic rings. The minimum Gasteiger partial charge on any atom is -0.384 e. The molecule has 23 heavy (non-hydrogen) atoms. The summed E-state index contributed by atoms with van der Waals surface area (Å²) in [6.45, 7) is 6.15. The molecule has 1 heterocycles. The van der Waals surface area contributed by atoms with Crippen molar-refractivity contribution in [3.05, 3.63) is 59.8 Å². The molecule has 0 spiro atoms. The van der Waals surface area contributed by atoms with Gasteiger partial charge in [0.25, 0.3) is 0 Å². The van der Waals surface area contributed by atoms with Crippen LogP contribution in [0.25, 0.3) is 0 Å². The molecule has 122 valence electrons. The van der Waals surface area contributed by atoms with Crippen LogP contribution in [0.1, 0.15) is 37.9 Å². The van der Waals surface area contributed by atoms with Gasteiger partial charge in [-0.15, -0.1) is 0 Å². The van der Waals surface area contributed by atoms with E-state index >= 15 is 0 Å². The molecule has 1 aromatic carbocycles. The summed E-state index contributed by atoms with van der Waals surface area (Å²) in [5, 5.41) is 3.13. The van der Waals surface area contributed by atoms with Crippen LogP contribution < -0.4 is 11.1 Å². The molecule has 4 nitrogen and oxygen atoms in total. The number of nitrogens with two attached hydrogens (primary N) is 1. The van der Waals surface area contributed by atoms with Gasteiger partial charge in [0.1, 0.15) is 5.82 Å². The van der Waals surface area contributed by atoms with Crippen molar-refractivity contribution in [2.24, 2.45) is 11.8 Å². The molecule has 2 unspecified atom stereocenters. The summed E-state index contributed by atoms with van der Waals surface area (Å²) in [7, 11) is 0. The van der Waals surface area contributed by atoms with E-state index in [0.29, 0.717) is 12.2 Å². The normalized spacial score (nSPS) is 13.6. The number of carbonyl (C=O) groups is 1. The highest BCUT2D eigenvalue weighted by Gasteiger charge is 2.24. The highest BCUT2D eigenvalue weighted by Crippen LogP contribution is 2.20. The van der Waals surface area contributed by atoms with Gasteiger partial charge in [-0.2, -0.15) is 0 Å². The Morgan fingerprint density at radius 2 is 1.87 bits per heavy atom. The lowest BCUT2D eigenvalue weighted by molar-refractivity contribution is -0.127. The summed E-state index contributed by atoms with van der Waals surface area (Å²) in [6, 6.07) is 13.7. The average molecular weight is 311 g/mol. The maximum Gasteiger partial charge on any atom is 0.224 e. The van der Waals surface area contributed by atoms with Gasteiger partial charge in [0.15, 0.2) is 0 Å². The van der Waals surface area contributed by atoms with Crippen molar-refractivity contribution in [2.75, 3.05) is 5.73 Å². The number of benzene rings is 1. The van der Waals surface area contributed by atoms with E-state index in [1.165, 1.54) is 0 Å². The highest BCUT2D eigenvalue weighted by molar-refractivity contribution is 5.79. The predicted molar refractivity (Wildman–Crippen MR) is 93.7 cm³/mol. The van der Waals surface area contributed by atoms with E-state index in [2.05, 4.69) is 24.1 Å². The van der Waals surface area contributed by atoms with Crippen LogP contribution in [0.15, 0.2) is 48.7 Å². The van der Waals surface area contributed by atoms with E-state index in [1.807, 2.05) is 49.4 Å². The number of carbonyl (C=O) groups excluding carboxylic acids is 1. The number of aromatic nitrogens is 1. The fourth-order valence-corrected chi connectivity index (χ4v) is 2.65. The summed E-state index contributed by atoms with van der Waals surface area (Å²) in [5.74, 6) is 0.713. The highest BCUT2D eigenvalue weighted by atomic mass is 16.1. The second kappa shape index (κ2) is 7.77. The SMILES string of the molecule is CC(NC(=O)C(Cc1ccnc(N)c1)C(C)C)c1ccccc1. The topological polar surface area (TPSA) is 68.0 Å². The molecule has 0 aliphatic carbocycles. The van der Waals surface area contributed by atoms with Gasteiger partial charge in [-0.3, -0.25) is 4.79 Å². The molecule has 1 amide bonds. The number of rotatable bonds is 6. The molecule has 0 radical (unpaired) electrons. The molecule has 4 heteroatoms. The van der Waals surface area contributed by atoms with Crippen molar-refractivity contribution >= 4 is 11.7 Å². The number of hydrogen-bond acceptors (Lipinski definition) is 3. The van der Waals surface area contributed by atoms with Crippen LogP contribution in [0.2, 0.25) is 0 Å². The van der Waals surface area contributed by atoms with Gasteiger partial charge >= 0.3 is 0 Å². The number of nitrogens with one attached hydrogen (secondary N) is 1. The zero-order valence-corrected chi connectivity index (χ0v) is 14.0. The lowest BCUT2D eigenvalue weighted by atomic mass is 9.88. The first kappa shape index (κ1) is 17.0. The van der Waals surface area contributed by atoms with Crippen LogP contribution in [0.4, 0.5) is 5.82 Å². The predicted octanol–water partition coefficient (Wildman–Crippen LogP) is 3.36. The fraction of sp³-hybridized carbons (Fsp3) is 0.368. The fourth-order valence-electron chi connectivity index (χ4n) is 2.65. The molecule has 0 fully saturated rings. The maximum absolute atomic E-state index is 12.7. The standard InChI is InChI=1S/C19H25N3O/c1-13(2)17(11-15-9-10-21-18(20)12-15)19(23)22-14(3)16-7-5-4-6-8-16/h4-10,12-14,17H,11H2,1-3H3,(H2,20,21)(H,22,23). The smallest absolute Gasteiger partial charge is 0.224 e. The van der Waals surface area contributed by atoms with Crippen molar-refractivity contribution < 1.29 is 4.79 Å². The third-order valence-electron chi connectivity index (χ3n) is 4.10. The first-order valence-corrected chi connectivity index (χ1v) is 8.03. The number of anilines is 1. The van der Waals surface area contributed by atoms with Crippen LogP contribution in [0, 0.1) is 11.8 Å². The lowest BCUT2D eigenvalue weighted by Gasteiger charge is -2.23. The number of nitrogens with zero attached hydrogens (tertiary/aromatic N) is 1. The van der Waals surface area contributed by atoms with Gasteiger partial charge < -0.3 is 11.1 Å². The first-order valence-electron chi connectivity index (χ1n) is 8.03. The van der Waals surface area contributed by atoms with Crippen LogP contribution in [-0.4, -0.2) is 10.9 Å². The number of nitrogen functional groups attached to an aromatic ring is 1. The minimum absolute atomic E-state index is 0.00698.